The van der Waals surface area contributed by atoms with Gasteiger partial charge in [0, 0.05) is 12.6 Å². The van der Waals surface area contributed by atoms with Gasteiger partial charge in [-0.25, -0.2) is 4.39 Å². The standard InChI is InChI=1S/C17H24FNO/c1-17(2,3)16(13-7-9-14(18)10-8-13)19-12-15-6-4-5-11-20-15/h5,7-11,15-16,19H,4,6,12H2,1-3H3. The average Bonchev–Trinajstić information content (AvgIpc) is 2.41. The van der Waals surface area contributed by atoms with E-state index in [1.807, 2.05) is 12.1 Å². The summed E-state index contributed by atoms with van der Waals surface area (Å²) in [5.74, 6) is -0.192. The summed E-state index contributed by atoms with van der Waals surface area (Å²) in [6.07, 6.45) is 6.19. The Morgan fingerprint density at radius 1 is 1.30 bits per heavy atom. The Morgan fingerprint density at radius 2 is 2.00 bits per heavy atom. The van der Waals surface area contributed by atoms with Crippen molar-refractivity contribution in [3.8, 4) is 0 Å². The monoisotopic (exact) mass is 277 g/mol. The number of benzene rings is 1. The van der Waals surface area contributed by atoms with E-state index < -0.39 is 0 Å². The van der Waals surface area contributed by atoms with Crippen LogP contribution in [0.15, 0.2) is 36.6 Å². The van der Waals surface area contributed by atoms with E-state index in [-0.39, 0.29) is 23.4 Å². The molecule has 0 radical (unpaired) electrons. The van der Waals surface area contributed by atoms with Crippen LogP contribution in [0, 0.1) is 11.2 Å². The molecular formula is C17H24FNO. The predicted octanol–water partition coefficient (Wildman–Crippen LogP) is 4.20. The molecule has 0 aromatic heterocycles. The summed E-state index contributed by atoms with van der Waals surface area (Å²) in [5.41, 5.74) is 1.17. The Kier molecular flexibility index (Phi) is 4.81. The van der Waals surface area contributed by atoms with Crippen LogP contribution in [0.2, 0.25) is 0 Å². The first-order chi connectivity index (χ1) is 9.47. The minimum Gasteiger partial charge on any atom is -0.497 e. The van der Waals surface area contributed by atoms with E-state index in [4.69, 9.17) is 4.74 Å². The summed E-state index contributed by atoms with van der Waals surface area (Å²) in [5, 5.41) is 3.58. The highest BCUT2D eigenvalue weighted by molar-refractivity contribution is 5.21. The molecule has 1 aliphatic rings. The lowest BCUT2D eigenvalue weighted by Crippen LogP contribution is -2.38. The van der Waals surface area contributed by atoms with Gasteiger partial charge < -0.3 is 10.1 Å². The minimum absolute atomic E-state index is 0.0579. The minimum atomic E-state index is -0.192. The van der Waals surface area contributed by atoms with Crippen molar-refractivity contribution in [1.82, 2.24) is 5.32 Å². The Labute approximate surface area is 121 Å². The van der Waals surface area contributed by atoms with E-state index in [1.165, 1.54) is 12.1 Å². The lowest BCUT2D eigenvalue weighted by molar-refractivity contribution is 0.111. The maximum absolute atomic E-state index is 13.1. The van der Waals surface area contributed by atoms with Gasteiger partial charge in [-0.15, -0.1) is 0 Å². The largest absolute Gasteiger partial charge is 0.497 e. The Balaban J connectivity index is 2.04. The third kappa shape index (κ3) is 4.07. The molecule has 1 aromatic rings. The third-order valence-corrected chi connectivity index (χ3v) is 3.64. The first-order valence-corrected chi connectivity index (χ1v) is 7.26. The second-order valence-corrected chi connectivity index (χ2v) is 6.47. The molecule has 1 heterocycles. The van der Waals surface area contributed by atoms with Crippen molar-refractivity contribution in [2.75, 3.05) is 6.54 Å². The second kappa shape index (κ2) is 6.40. The van der Waals surface area contributed by atoms with Crippen LogP contribution < -0.4 is 5.32 Å². The smallest absolute Gasteiger partial charge is 0.123 e. The molecule has 1 aliphatic heterocycles. The molecule has 0 saturated carbocycles. The van der Waals surface area contributed by atoms with Gasteiger partial charge in [0.2, 0.25) is 0 Å². The Bertz CT molecular complexity index is 447. The van der Waals surface area contributed by atoms with Gasteiger partial charge in [0.15, 0.2) is 0 Å². The zero-order valence-corrected chi connectivity index (χ0v) is 12.5. The summed E-state index contributed by atoms with van der Waals surface area (Å²) < 4.78 is 18.7. The van der Waals surface area contributed by atoms with Crippen LogP contribution in [0.5, 0.6) is 0 Å². The fraction of sp³-hybridized carbons (Fsp3) is 0.529. The van der Waals surface area contributed by atoms with Gasteiger partial charge in [-0.2, -0.15) is 0 Å². The van der Waals surface area contributed by atoms with Crippen LogP contribution in [0.4, 0.5) is 4.39 Å². The second-order valence-electron chi connectivity index (χ2n) is 6.47. The number of hydrogen-bond donors (Lipinski definition) is 1. The Hall–Kier alpha value is -1.35. The fourth-order valence-electron chi connectivity index (χ4n) is 2.56. The highest BCUT2D eigenvalue weighted by Gasteiger charge is 2.27. The van der Waals surface area contributed by atoms with Gasteiger partial charge in [-0.1, -0.05) is 32.9 Å². The van der Waals surface area contributed by atoms with Crippen molar-refractivity contribution in [3.05, 3.63) is 48.0 Å². The summed E-state index contributed by atoms with van der Waals surface area (Å²) in [6.45, 7) is 7.38. The molecule has 0 saturated heterocycles. The molecule has 0 bridgehead atoms. The van der Waals surface area contributed by atoms with E-state index in [0.717, 1.165) is 24.9 Å². The normalized spacial score (nSPS) is 20.5. The predicted molar refractivity (Wildman–Crippen MR) is 79.8 cm³/mol. The van der Waals surface area contributed by atoms with Crippen LogP contribution >= 0.6 is 0 Å². The van der Waals surface area contributed by atoms with Crippen molar-refractivity contribution < 1.29 is 9.13 Å². The summed E-state index contributed by atoms with van der Waals surface area (Å²) in [7, 11) is 0. The summed E-state index contributed by atoms with van der Waals surface area (Å²) >= 11 is 0. The molecule has 0 spiro atoms. The highest BCUT2D eigenvalue weighted by Crippen LogP contribution is 2.33. The maximum atomic E-state index is 13.1. The molecule has 2 unspecified atom stereocenters. The lowest BCUT2D eigenvalue weighted by atomic mass is 9.82. The SMILES string of the molecule is CC(C)(C)C(NCC1CCC=CO1)c1ccc(F)cc1. The maximum Gasteiger partial charge on any atom is 0.123 e. The zero-order valence-electron chi connectivity index (χ0n) is 12.5. The summed E-state index contributed by atoms with van der Waals surface area (Å²) in [6, 6.07) is 6.95. The average molecular weight is 277 g/mol. The van der Waals surface area contributed by atoms with Gasteiger partial charge >= 0.3 is 0 Å². The van der Waals surface area contributed by atoms with Gasteiger partial charge in [-0.3, -0.25) is 0 Å². The van der Waals surface area contributed by atoms with Crippen LogP contribution in [-0.4, -0.2) is 12.6 Å². The molecule has 110 valence electrons. The van der Waals surface area contributed by atoms with Gasteiger partial charge in [0.05, 0.1) is 6.26 Å². The molecule has 20 heavy (non-hydrogen) atoms. The molecule has 2 nitrogen and oxygen atoms in total. The number of ether oxygens (including phenoxy) is 1. The molecule has 3 heteroatoms. The first-order valence-electron chi connectivity index (χ1n) is 7.26. The molecule has 0 amide bonds. The zero-order chi connectivity index (χ0) is 14.6. The van der Waals surface area contributed by atoms with Gasteiger partial charge in [-0.05, 0) is 42.0 Å². The molecule has 0 fully saturated rings. The molecule has 1 N–H and O–H groups in total. The molecule has 2 rings (SSSR count). The molecule has 2 atom stereocenters. The topological polar surface area (TPSA) is 21.3 Å². The van der Waals surface area contributed by atoms with Crippen LogP contribution in [0.3, 0.4) is 0 Å². The molecule has 1 aromatic carbocycles. The van der Waals surface area contributed by atoms with Crippen molar-refractivity contribution in [2.45, 2.75) is 45.8 Å². The number of hydrogen-bond acceptors (Lipinski definition) is 2. The summed E-state index contributed by atoms with van der Waals surface area (Å²) in [4.78, 5) is 0. The van der Waals surface area contributed by atoms with E-state index in [1.54, 1.807) is 6.26 Å². The van der Waals surface area contributed by atoms with Crippen molar-refractivity contribution in [1.29, 1.82) is 0 Å². The van der Waals surface area contributed by atoms with Crippen molar-refractivity contribution in [3.63, 3.8) is 0 Å². The van der Waals surface area contributed by atoms with Crippen LogP contribution in [-0.2, 0) is 4.74 Å². The fourth-order valence-corrected chi connectivity index (χ4v) is 2.56. The molecular weight excluding hydrogens is 253 g/mol. The Morgan fingerprint density at radius 3 is 2.55 bits per heavy atom. The number of nitrogens with one attached hydrogen (secondary N) is 1. The van der Waals surface area contributed by atoms with Gasteiger partial charge in [0.1, 0.15) is 11.9 Å². The quantitative estimate of drug-likeness (QED) is 0.890. The van der Waals surface area contributed by atoms with Crippen LogP contribution in [0.1, 0.15) is 45.2 Å². The van der Waals surface area contributed by atoms with Crippen molar-refractivity contribution >= 4 is 0 Å². The number of allylic oxidation sites excluding steroid dienone is 1. The lowest BCUT2D eigenvalue weighted by Gasteiger charge is -2.33. The third-order valence-electron chi connectivity index (χ3n) is 3.64. The number of rotatable bonds is 4. The highest BCUT2D eigenvalue weighted by atomic mass is 19.1. The van der Waals surface area contributed by atoms with E-state index >= 15 is 0 Å². The van der Waals surface area contributed by atoms with E-state index in [0.29, 0.717) is 0 Å². The first kappa shape index (κ1) is 15.0. The van der Waals surface area contributed by atoms with Gasteiger partial charge in [0.25, 0.3) is 0 Å². The van der Waals surface area contributed by atoms with E-state index in [9.17, 15) is 4.39 Å². The number of halogens is 1. The van der Waals surface area contributed by atoms with E-state index in [2.05, 4.69) is 32.2 Å². The molecule has 0 aliphatic carbocycles. The van der Waals surface area contributed by atoms with Crippen LogP contribution in [0.25, 0.3) is 0 Å². The van der Waals surface area contributed by atoms with Crippen molar-refractivity contribution in [2.24, 2.45) is 5.41 Å².